The second kappa shape index (κ2) is 15.3. The summed E-state index contributed by atoms with van der Waals surface area (Å²) in [5, 5.41) is 2.72. The first-order valence-corrected chi connectivity index (χ1v) is 14.1. The maximum atomic E-state index is 13.4. The fourth-order valence-electron chi connectivity index (χ4n) is 4.90. The minimum atomic E-state index is -4.45. The van der Waals surface area contributed by atoms with Crippen molar-refractivity contribution in [1.82, 2.24) is 10.2 Å². The number of hydrogen-bond acceptors (Lipinski definition) is 7. The zero-order chi connectivity index (χ0) is 30.9. The molecule has 42 heavy (non-hydrogen) atoms. The predicted octanol–water partition coefficient (Wildman–Crippen LogP) is 1.15. The first kappa shape index (κ1) is 33.2. The first-order chi connectivity index (χ1) is 19.9. The van der Waals surface area contributed by atoms with E-state index in [9.17, 15) is 27.6 Å². The van der Waals surface area contributed by atoms with Gasteiger partial charge in [0.15, 0.2) is 5.78 Å². The number of aryl methyl sites for hydroxylation is 1. The van der Waals surface area contributed by atoms with Crippen molar-refractivity contribution in [3.63, 3.8) is 0 Å². The molecule has 1 heterocycles. The Morgan fingerprint density at radius 1 is 1.02 bits per heavy atom. The Labute approximate surface area is 244 Å². The van der Waals surface area contributed by atoms with Gasteiger partial charge >= 0.3 is 13.1 Å². The number of amides is 2. The number of benzene rings is 2. The SMILES string of the molecule is CB1OCc2ccc(CC(=O)[C@@H](CCc3ccc(C(F)(F)F)cc3)NC(=O)[C@@H](N)CCC(=O)N(CCN)CCN)cc21. The van der Waals surface area contributed by atoms with Crippen molar-refractivity contribution in [2.75, 3.05) is 26.2 Å². The third kappa shape index (κ3) is 9.38. The number of carbonyl (C=O) groups is 3. The zero-order valence-corrected chi connectivity index (χ0v) is 23.8. The molecule has 2 aromatic carbocycles. The van der Waals surface area contributed by atoms with E-state index < -0.39 is 29.7 Å². The van der Waals surface area contributed by atoms with Gasteiger partial charge in [-0.3, -0.25) is 14.4 Å². The molecule has 0 aliphatic carbocycles. The Kier molecular flexibility index (Phi) is 12.1. The number of rotatable bonds is 15. The van der Waals surface area contributed by atoms with Crippen molar-refractivity contribution in [1.29, 1.82) is 0 Å². The Hall–Kier alpha value is -3.26. The number of ketones is 1. The molecule has 7 N–H and O–H groups in total. The molecule has 1 aliphatic rings. The zero-order valence-electron chi connectivity index (χ0n) is 23.8. The Bertz CT molecular complexity index is 1220. The van der Waals surface area contributed by atoms with Crippen LogP contribution in [0.25, 0.3) is 0 Å². The molecule has 0 spiro atoms. The Morgan fingerprint density at radius 2 is 1.67 bits per heavy atom. The summed E-state index contributed by atoms with van der Waals surface area (Å²) < 4.78 is 44.5. The van der Waals surface area contributed by atoms with Crippen LogP contribution in [0.1, 0.15) is 41.5 Å². The molecule has 228 valence electrons. The fraction of sp³-hybridized carbons (Fsp3) is 0.483. The summed E-state index contributed by atoms with van der Waals surface area (Å²) in [5.41, 5.74) is 19.9. The van der Waals surface area contributed by atoms with Crippen LogP contribution in [0, 0.1) is 0 Å². The van der Waals surface area contributed by atoms with Gasteiger partial charge in [-0.2, -0.15) is 13.2 Å². The summed E-state index contributed by atoms with van der Waals surface area (Å²) in [6.07, 6.45) is -3.93. The number of alkyl halides is 3. The van der Waals surface area contributed by atoms with Gasteiger partial charge in [0.1, 0.15) is 0 Å². The third-order valence-corrected chi connectivity index (χ3v) is 7.38. The number of Topliss-reactive ketones (excluding diaryl/α,β-unsaturated/α-hetero) is 1. The van der Waals surface area contributed by atoms with Crippen LogP contribution in [0.15, 0.2) is 42.5 Å². The number of fused-ring (bicyclic) bond motifs is 1. The molecular weight excluding hydrogens is 550 g/mol. The van der Waals surface area contributed by atoms with Gasteiger partial charge in [0.25, 0.3) is 0 Å². The van der Waals surface area contributed by atoms with Crippen molar-refractivity contribution in [2.45, 2.75) is 63.8 Å². The standard InChI is InChI=1S/C29H39BF3N5O4/c1-30-23-16-20(2-6-21(23)18-42-30)17-26(39)25(10-5-19-3-7-22(8-4-19)29(31,32)33)37-28(41)24(36)9-11-27(40)38(14-12-34)15-13-35/h2-4,6-8,16,24-25H,5,9-15,17-18,34-36H2,1H3,(H,37,41)/t24-,25+/m0/s1. The third-order valence-electron chi connectivity index (χ3n) is 7.38. The van der Waals surface area contributed by atoms with Gasteiger partial charge in [-0.15, -0.1) is 0 Å². The smallest absolute Gasteiger partial charge is 0.416 e. The molecule has 3 rings (SSSR count). The van der Waals surface area contributed by atoms with Gasteiger partial charge in [0, 0.05) is 39.0 Å². The van der Waals surface area contributed by atoms with Crippen molar-refractivity contribution in [2.24, 2.45) is 17.2 Å². The number of halogens is 3. The fourth-order valence-corrected chi connectivity index (χ4v) is 4.90. The van der Waals surface area contributed by atoms with Crippen molar-refractivity contribution in [3.05, 3.63) is 64.7 Å². The molecular formula is C29H39BF3N5O4. The molecule has 13 heteroatoms. The maximum absolute atomic E-state index is 13.4. The average molecular weight is 589 g/mol. The van der Waals surface area contributed by atoms with Crippen LogP contribution in [0.5, 0.6) is 0 Å². The van der Waals surface area contributed by atoms with Gasteiger partial charge in [-0.05, 0) is 53.5 Å². The lowest BCUT2D eigenvalue weighted by Gasteiger charge is -2.23. The van der Waals surface area contributed by atoms with Gasteiger partial charge in [0.2, 0.25) is 11.8 Å². The van der Waals surface area contributed by atoms with Gasteiger partial charge in [-0.25, -0.2) is 0 Å². The maximum Gasteiger partial charge on any atom is 0.416 e. The monoisotopic (exact) mass is 589 g/mol. The first-order valence-electron chi connectivity index (χ1n) is 14.1. The number of nitrogens with two attached hydrogens (primary N) is 3. The molecule has 0 saturated heterocycles. The van der Waals surface area contributed by atoms with Crippen molar-refractivity contribution < 1.29 is 32.2 Å². The van der Waals surface area contributed by atoms with Crippen molar-refractivity contribution >= 4 is 30.0 Å². The summed E-state index contributed by atoms with van der Waals surface area (Å²) in [6.45, 7) is 3.58. The summed E-state index contributed by atoms with van der Waals surface area (Å²) in [5.74, 6) is -1.07. The number of carbonyl (C=O) groups excluding carboxylic acids is 3. The van der Waals surface area contributed by atoms with Crippen LogP contribution in [-0.4, -0.2) is 67.7 Å². The molecule has 0 bridgehead atoms. The predicted molar refractivity (Wildman–Crippen MR) is 155 cm³/mol. The van der Waals surface area contributed by atoms with E-state index in [4.69, 9.17) is 21.9 Å². The summed E-state index contributed by atoms with van der Waals surface area (Å²) >= 11 is 0. The Balaban J connectivity index is 1.68. The highest BCUT2D eigenvalue weighted by molar-refractivity contribution is 6.67. The lowest BCUT2D eigenvalue weighted by atomic mass is 9.64. The highest BCUT2D eigenvalue weighted by atomic mass is 19.4. The van der Waals surface area contributed by atoms with E-state index in [0.717, 1.165) is 28.7 Å². The summed E-state index contributed by atoms with van der Waals surface area (Å²) in [7, 11) is 0. The van der Waals surface area contributed by atoms with Gasteiger partial charge in [0.05, 0.1) is 24.3 Å². The van der Waals surface area contributed by atoms with Crippen LogP contribution in [0.3, 0.4) is 0 Å². The summed E-state index contributed by atoms with van der Waals surface area (Å²) in [6, 6.07) is 8.40. The van der Waals surface area contributed by atoms with Crippen molar-refractivity contribution in [3.8, 4) is 0 Å². The molecule has 9 nitrogen and oxygen atoms in total. The molecule has 0 radical (unpaired) electrons. The largest absolute Gasteiger partial charge is 0.427 e. The lowest BCUT2D eigenvalue weighted by Crippen LogP contribution is -2.49. The molecule has 2 amide bonds. The lowest BCUT2D eigenvalue weighted by molar-refractivity contribution is -0.137. The van der Waals surface area contributed by atoms with Gasteiger partial charge < -0.3 is 32.1 Å². The van der Waals surface area contributed by atoms with E-state index in [0.29, 0.717) is 25.3 Å². The number of nitrogens with zero attached hydrogens (tertiary/aromatic N) is 1. The second-order valence-corrected chi connectivity index (χ2v) is 10.5. The average Bonchev–Trinajstić information content (AvgIpc) is 3.32. The summed E-state index contributed by atoms with van der Waals surface area (Å²) in [4.78, 5) is 40.5. The second-order valence-electron chi connectivity index (χ2n) is 10.5. The van der Waals surface area contributed by atoms with E-state index >= 15 is 0 Å². The van der Waals surface area contributed by atoms with E-state index in [1.165, 1.54) is 17.0 Å². The van der Waals surface area contributed by atoms with E-state index in [1.54, 1.807) is 0 Å². The highest BCUT2D eigenvalue weighted by Crippen LogP contribution is 2.29. The van der Waals surface area contributed by atoms with E-state index in [1.807, 2.05) is 25.0 Å². The van der Waals surface area contributed by atoms with Crippen LogP contribution in [0.2, 0.25) is 6.82 Å². The van der Waals surface area contributed by atoms with E-state index in [2.05, 4.69) is 5.32 Å². The molecule has 0 unspecified atom stereocenters. The molecule has 1 aliphatic heterocycles. The quantitative estimate of drug-likeness (QED) is 0.227. The van der Waals surface area contributed by atoms with Crippen LogP contribution in [0.4, 0.5) is 13.2 Å². The highest BCUT2D eigenvalue weighted by Gasteiger charge is 2.30. The molecule has 2 aromatic rings. The molecule has 0 aromatic heterocycles. The molecule has 2 atom stereocenters. The minimum absolute atomic E-state index is 0.00807. The molecule has 0 saturated carbocycles. The normalized spacial score (nSPS) is 14.3. The van der Waals surface area contributed by atoms with Crippen LogP contribution >= 0.6 is 0 Å². The number of nitrogens with one attached hydrogen (secondary N) is 1. The van der Waals surface area contributed by atoms with Gasteiger partial charge in [-0.1, -0.05) is 37.2 Å². The van der Waals surface area contributed by atoms with Crippen LogP contribution < -0.4 is 28.0 Å². The Morgan fingerprint density at radius 3 is 2.29 bits per heavy atom. The number of hydrogen-bond donors (Lipinski definition) is 4. The van der Waals surface area contributed by atoms with Crippen LogP contribution in [-0.2, 0) is 44.7 Å². The van der Waals surface area contributed by atoms with E-state index in [-0.39, 0.29) is 63.8 Å². The molecule has 0 fully saturated rings. The topological polar surface area (TPSA) is 154 Å². The minimum Gasteiger partial charge on any atom is -0.427 e.